The van der Waals surface area contributed by atoms with E-state index < -0.39 is 0 Å². The topological polar surface area (TPSA) is 56.7 Å². The molecule has 1 aromatic heterocycles. The zero-order chi connectivity index (χ0) is 11.5. The van der Waals surface area contributed by atoms with Gasteiger partial charge in [-0.2, -0.15) is 0 Å². The molecule has 1 heterocycles. The maximum atomic E-state index is 6.12. The van der Waals surface area contributed by atoms with E-state index in [1.165, 1.54) is 11.1 Å². The molecule has 4 heteroatoms. The quantitative estimate of drug-likeness (QED) is 0.843. The average Bonchev–Trinajstić information content (AvgIpc) is 2.64. The van der Waals surface area contributed by atoms with Crippen molar-refractivity contribution in [3.8, 4) is 0 Å². The van der Waals surface area contributed by atoms with Crippen molar-refractivity contribution >= 4 is 0 Å². The summed E-state index contributed by atoms with van der Waals surface area (Å²) in [4.78, 5) is 0. The zero-order valence-corrected chi connectivity index (χ0v) is 9.59. The highest BCUT2D eigenvalue weighted by atomic mass is 15.4. The molecule has 0 aliphatic rings. The van der Waals surface area contributed by atoms with Crippen LogP contribution >= 0.6 is 0 Å². The van der Waals surface area contributed by atoms with Crippen molar-refractivity contribution < 1.29 is 0 Å². The van der Waals surface area contributed by atoms with Crippen molar-refractivity contribution in [2.45, 2.75) is 19.4 Å². The highest BCUT2D eigenvalue weighted by molar-refractivity contribution is 5.24. The standard InChI is InChI=1S/C12H16N4/c1-9-4-3-5-10(6-9)7-11(13)12-8-14-15-16(12)2/h3-6,8,11H,7,13H2,1-2H3. The first-order valence-electron chi connectivity index (χ1n) is 5.32. The summed E-state index contributed by atoms with van der Waals surface area (Å²) in [5.74, 6) is 0. The number of nitrogens with zero attached hydrogens (tertiary/aromatic N) is 3. The monoisotopic (exact) mass is 216 g/mol. The Bertz CT molecular complexity index is 475. The van der Waals surface area contributed by atoms with E-state index in [0.717, 1.165) is 12.1 Å². The molecule has 4 nitrogen and oxygen atoms in total. The van der Waals surface area contributed by atoms with E-state index in [-0.39, 0.29) is 6.04 Å². The van der Waals surface area contributed by atoms with Crippen LogP contribution in [-0.2, 0) is 13.5 Å². The summed E-state index contributed by atoms with van der Waals surface area (Å²) in [5, 5.41) is 7.72. The van der Waals surface area contributed by atoms with Crippen molar-refractivity contribution in [3.63, 3.8) is 0 Å². The summed E-state index contributed by atoms with van der Waals surface area (Å²) in [5.41, 5.74) is 9.58. The first kappa shape index (κ1) is 10.8. The van der Waals surface area contributed by atoms with Gasteiger partial charge in [-0.05, 0) is 18.9 Å². The van der Waals surface area contributed by atoms with Crippen LogP contribution in [0.15, 0.2) is 30.5 Å². The Hall–Kier alpha value is -1.68. The van der Waals surface area contributed by atoms with Gasteiger partial charge in [0, 0.05) is 7.05 Å². The van der Waals surface area contributed by atoms with Gasteiger partial charge < -0.3 is 5.73 Å². The third kappa shape index (κ3) is 2.28. The van der Waals surface area contributed by atoms with Crippen LogP contribution < -0.4 is 5.73 Å². The van der Waals surface area contributed by atoms with Gasteiger partial charge in [0.15, 0.2) is 0 Å². The van der Waals surface area contributed by atoms with Gasteiger partial charge >= 0.3 is 0 Å². The van der Waals surface area contributed by atoms with E-state index in [2.05, 4.69) is 41.5 Å². The minimum Gasteiger partial charge on any atom is -0.322 e. The van der Waals surface area contributed by atoms with Crippen molar-refractivity contribution in [1.29, 1.82) is 0 Å². The fraction of sp³-hybridized carbons (Fsp3) is 0.333. The van der Waals surface area contributed by atoms with Gasteiger partial charge in [0.25, 0.3) is 0 Å². The summed E-state index contributed by atoms with van der Waals surface area (Å²) >= 11 is 0. The number of hydrogen-bond acceptors (Lipinski definition) is 3. The first-order chi connectivity index (χ1) is 7.66. The Labute approximate surface area is 95.1 Å². The van der Waals surface area contributed by atoms with Gasteiger partial charge in [-0.15, -0.1) is 5.10 Å². The van der Waals surface area contributed by atoms with Gasteiger partial charge in [-0.25, -0.2) is 0 Å². The van der Waals surface area contributed by atoms with Crippen LogP contribution in [0.25, 0.3) is 0 Å². The van der Waals surface area contributed by atoms with Crippen LogP contribution in [0.4, 0.5) is 0 Å². The smallest absolute Gasteiger partial charge is 0.0754 e. The van der Waals surface area contributed by atoms with Gasteiger partial charge in [-0.1, -0.05) is 35.0 Å². The predicted molar refractivity (Wildman–Crippen MR) is 62.8 cm³/mol. The van der Waals surface area contributed by atoms with Gasteiger partial charge in [0.2, 0.25) is 0 Å². The lowest BCUT2D eigenvalue weighted by molar-refractivity contribution is 0.607. The molecule has 0 spiro atoms. The van der Waals surface area contributed by atoms with Crippen LogP contribution in [0.2, 0.25) is 0 Å². The Morgan fingerprint density at radius 1 is 1.44 bits per heavy atom. The summed E-state index contributed by atoms with van der Waals surface area (Å²) in [6.45, 7) is 2.08. The highest BCUT2D eigenvalue weighted by Crippen LogP contribution is 2.15. The Balaban J connectivity index is 2.14. The van der Waals surface area contributed by atoms with Crippen molar-refractivity contribution in [3.05, 3.63) is 47.3 Å². The van der Waals surface area contributed by atoms with Crippen LogP contribution in [0, 0.1) is 6.92 Å². The molecule has 1 atom stereocenters. The van der Waals surface area contributed by atoms with Crippen LogP contribution in [0.5, 0.6) is 0 Å². The molecule has 0 aliphatic carbocycles. The lowest BCUT2D eigenvalue weighted by Gasteiger charge is -2.11. The fourth-order valence-electron chi connectivity index (χ4n) is 1.83. The minimum absolute atomic E-state index is 0.0539. The Morgan fingerprint density at radius 3 is 2.88 bits per heavy atom. The highest BCUT2D eigenvalue weighted by Gasteiger charge is 2.11. The fourth-order valence-corrected chi connectivity index (χ4v) is 1.83. The van der Waals surface area contributed by atoms with Crippen LogP contribution in [0.3, 0.4) is 0 Å². The second-order valence-corrected chi connectivity index (χ2v) is 4.08. The SMILES string of the molecule is Cc1cccc(CC(N)c2cnnn2C)c1. The second kappa shape index (κ2) is 4.45. The number of aromatic nitrogens is 3. The normalized spacial score (nSPS) is 12.7. The molecule has 84 valence electrons. The van der Waals surface area contributed by atoms with E-state index >= 15 is 0 Å². The Kier molecular flexibility index (Phi) is 3.01. The molecular weight excluding hydrogens is 200 g/mol. The number of rotatable bonds is 3. The van der Waals surface area contributed by atoms with E-state index in [1.54, 1.807) is 10.9 Å². The molecule has 0 saturated heterocycles. The molecule has 1 unspecified atom stereocenters. The lowest BCUT2D eigenvalue weighted by atomic mass is 10.0. The van der Waals surface area contributed by atoms with E-state index in [4.69, 9.17) is 5.73 Å². The first-order valence-corrected chi connectivity index (χ1v) is 5.32. The van der Waals surface area contributed by atoms with E-state index in [9.17, 15) is 0 Å². The van der Waals surface area contributed by atoms with E-state index in [1.807, 2.05) is 7.05 Å². The zero-order valence-electron chi connectivity index (χ0n) is 9.59. The van der Waals surface area contributed by atoms with Gasteiger partial charge in [0.1, 0.15) is 0 Å². The van der Waals surface area contributed by atoms with Gasteiger partial charge in [0.05, 0.1) is 17.9 Å². The summed E-state index contributed by atoms with van der Waals surface area (Å²) < 4.78 is 1.72. The van der Waals surface area contributed by atoms with E-state index in [0.29, 0.717) is 0 Å². The summed E-state index contributed by atoms with van der Waals surface area (Å²) in [6.07, 6.45) is 2.53. The maximum Gasteiger partial charge on any atom is 0.0754 e. The lowest BCUT2D eigenvalue weighted by Crippen LogP contribution is -2.17. The average molecular weight is 216 g/mol. The largest absolute Gasteiger partial charge is 0.322 e. The number of benzene rings is 1. The molecule has 0 saturated carbocycles. The molecule has 0 bridgehead atoms. The molecule has 2 rings (SSSR count). The summed E-state index contributed by atoms with van der Waals surface area (Å²) in [7, 11) is 1.86. The molecule has 0 aliphatic heterocycles. The molecule has 16 heavy (non-hydrogen) atoms. The third-order valence-electron chi connectivity index (χ3n) is 2.67. The van der Waals surface area contributed by atoms with Crippen LogP contribution in [0.1, 0.15) is 22.9 Å². The number of nitrogens with two attached hydrogens (primary N) is 1. The van der Waals surface area contributed by atoms with Crippen LogP contribution in [-0.4, -0.2) is 15.0 Å². The van der Waals surface area contributed by atoms with Crippen molar-refractivity contribution in [2.75, 3.05) is 0 Å². The summed E-state index contributed by atoms with van der Waals surface area (Å²) in [6, 6.07) is 8.33. The maximum absolute atomic E-state index is 6.12. The number of aryl methyl sites for hydroxylation is 2. The molecule has 0 amide bonds. The molecule has 0 fully saturated rings. The second-order valence-electron chi connectivity index (χ2n) is 4.08. The third-order valence-corrected chi connectivity index (χ3v) is 2.67. The molecule has 0 radical (unpaired) electrons. The van der Waals surface area contributed by atoms with Crippen molar-refractivity contribution in [2.24, 2.45) is 12.8 Å². The molecule has 1 aromatic carbocycles. The van der Waals surface area contributed by atoms with Crippen molar-refractivity contribution in [1.82, 2.24) is 15.0 Å². The predicted octanol–water partition coefficient (Wildman–Crippen LogP) is 1.37. The Morgan fingerprint density at radius 2 is 2.25 bits per heavy atom. The number of hydrogen-bond donors (Lipinski definition) is 1. The molecular formula is C12H16N4. The molecule has 2 aromatic rings. The van der Waals surface area contributed by atoms with Gasteiger partial charge in [-0.3, -0.25) is 4.68 Å². The molecule has 2 N–H and O–H groups in total. The minimum atomic E-state index is -0.0539.